The molecule has 28 heavy (non-hydrogen) atoms. The van der Waals surface area contributed by atoms with Crippen LogP contribution >= 0.6 is 24.0 Å². The third-order valence-corrected chi connectivity index (χ3v) is 4.33. The van der Waals surface area contributed by atoms with Gasteiger partial charge in [0.25, 0.3) is 0 Å². The number of para-hydroxylation sites is 2. The van der Waals surface area contributed by atoms with Crippen molar-refractivity contribution in [2.45, 2.75) is 20.0 Å². The van der Waals surface area contributed by atoms with Crippen molar-refractivity contribution in [3.63, 3.8) is 0 Å². The first-order valence-electron chi connectivity index (χ1n) is 9.30. The van der Waals surface area contributed by atoms with Crippen LogP contribution < -0.4 is 10.6 Å². The van der Waals surface area contributed by atoms with Crippen LogP contribution in [0.2, 0.25) is 0 Å². The summed E-state index contributed by atoms with van der Waals surface area (Å²) in [6, 6.07) is 16.8. The summed E-state index contributed by atoms with van der Waals surface area (Å²) in [4.78, 5) is 8.68. The molecule has 0 atom stereocenters. The summed E-state index contributed by atoms with van der Waals surface area (Å²) in [5, 5.41) is 6.56. The van der Waals surface area contributed by atoms with E-state index in [-0.39, 0.29) is 24.0 Å². The zero-order valence-corrected chi connectivity index (χ0v) is 18.7. The molecular formula is C21H28IN5O. The Morgan fingerprint density at radius 2 is 1.82 bits per heavy atom. The standard InChI is InChI=1S/C21H27N5O.HI/c1-3-27-13-12-23-21(22-2)24-14-17-8-10-18(11-9-17)15-26-16-25-19-6-4-5-7-20(19)26;/h4-11,16H,3,12-15H2,1-2H3,(H2,22,23,24);1H. The maximum absolute atomic E-state index is 5.32. The Labute approximate surface area is 183 Å². The lowest BCUT2D eigenvalue weighted by molar-refractivity contribution is 0.152. The molecule has 0 fully saturated rings. The molecule has 150 valence electrons. The highest BCUT2D eigenvalue weighted by Gasteiger charge is 2.03. The van der Waals surface area contributed by atoms with Gasteiger partial charge in [-0.15, -0.1) is 24.0 Å². The molecule has 0 aliphatic carbocycles. The van der Waals surface area contributed by atoms with Gasteiger partial charge in [0.15, 0.2) is 5.96 Å². The zero-order chi connectivity index (χ0) is 18.9. The Morgan fingerprint density at radius 3 is 2.57 bits per heavy atom. The summed E-state index contributed by atoms with van der Waals surface area (Å²) in [5.74, 6) is 0.781. The van der Waals surface area contributed by atoms with Gasteiger partial charge in [0.2, 0.25) is 0 Å². The summed E-state index contributed by atoms with van der Waals surface area (Å²) in [5.41, 5.74) is 4.65. The van der Waals surface area contributed by atoms with E-state index in [4.69, 9.17) is 4.74 Å². The molecule has 0 aliphatic heterocycles. The second-order valence-electron chi connectivity index (χ2n) is 6.23. The SMILES string of the molecule is CCOCCNC(=NC)NCc1ccc(Cn2cnc3ccccc32)cc1.I. The smallest absolute Gasteiger partial charge is 0.191 e. The van der Waals surface area contributed by atoms with Gasteiger partial charge in [0, 0.05) is 33.3 Å². The summed E-state index contributed by atoms with van der Waals surface area (Å²) in [6.07, 6.45) is 1.90. The second kappa shape index (κ2) is 11.7. The highest BCUT2D eigenvalue weighted by atomic mass is 127. The predicted octanol–water partition coefficient (Wildman–Crippen LogP) is 3.40. The minimum absolute atomic E-state index is 0. The van der Waals surface area contributed by atoms with Gasteiger partial charge in [-0.1, -0.05) is 36.4 Å². The van der Waals surface area contributed by atoms with Gasteiger partial charge < -0.3 is 19.9 Å². The molecule has 1 aromatic heterocycles. The lowest BCUT2D eigenvalue weighted by Crippen LogP contribution is -2.38. The number of aromatic nitrogens is 2. The van der Waals surface area contributed by atoms with Gasteiger partial charge in [0.1, 0.15) is 0 Å². The normalized spacial score (nSPS) is 11.3. The van der Waals surface area contributed by atoms with Crippen molar-refractivity contribution in [1.29, 1.82) is 0 Å². The Bertz CT molecular complexity index is 876. The predicted molar refractivity (Wildman–Crippen MR) is 125 cm³/mol. The Morgan fingerprint density at radius 1 is 1.07 bits per heavy atom. The molecule has 0 saturated heterocycles. The Hall–Kier alpha value is -2.13. The van der Waals surface area contributed by atoms with Crippen molar-refractivity contribution >= 4 is 41.0 Å². The van der Waals surface area contributed by atoms with Crippen molar-refractivity contribution in [3.05, 3.63) is 66.0 Å². The minimum atomic E-state index is 0. The zero-order valence-electron chi connectivity index (χ0n) is 16.4. The van der Waals surface area contributed by atoms with Crippen LogP contribution in [0.25, 0.3) is 11.0 Å². The van der Waals surface area contributed by atoms with Crippen LogP contribution in [0.5, 0.6) is 0 Å². The van der Waals surface area contributed by atoms with Crippen molar-refractivity contribution in [3.8, 4) is 0 Å². The van der Waals surface area contributed by atoms with Gasteiger partial charge in [-0.2, -0.15) is 0 Å². The fraction of sp³-hybridized carbons (Fsp3) is 0.333. The van der Waals surface area contributed by atoms with E-state index in [1.807, 2.05) is 31.5 Å². The summed E-state index contributed by atoms with van der Waals surface area (Å²) >= 11 is 0. The molecule has 0 unspecified atom stereocenters. The lowest BCUT2D eigenvalue weighted by Gasteiger charge is -2.12. The van der Waals surface area contributed by atoms with Gasteiger partial charge >= 0.3 is 0 Å². The van der Waals surface area contributed by atoms with E-state index in [1.165, 1.54) is 11.1 Å². The first-order valence-corrected chi connectivity index (χ1v) is 9.30. The number of aliphatic imine (C=N–C) groups is 1. The molecule has 1 heterocycles. The number of nitrogens with one attached hydrogen (secondary N) is 2. The van der Waals surface area contributed by atoms with Crippen molar-refractivity contribution in [2.75, 3.05) is 26.8 Å². The molecule has 2 N–H and O–H groups in total. The molecule has 3 aromatic rings. The van der Waals surface area contributed by atoms with Crippen molar-refractivity contribution < 1.29 is 4.74 Å². The average Bonchev–Trinajstić information content (AvgIpc) is 3.11. The molecule has 0 amide bonds. The molecule has 3 rings (SSSR count). The summed E-state index contributed by atoms with van der Waals surface area (Å²) in [7, 11) is 1.77. The highest BCUT2D eigenvalue weighted by Crippen LogP contribution is 2.14. The van der Waals surface area contributed by atoms with Crippen LogP contribution in [-0.4, -0.2) is 42.3 Å². The number of rotatable bonds is 8. The van der Waals surface area contributed by atoms with Gasteiger partial charge in [-0.3, -0.25) is 4.99 Å². The largest absolute Gasteiger partial charge is 0.380 e. The third kappa shape index (κ3) is 6.20. The number of hydrogen-bond acceptors (Lipinski definition) is 3. The molecule has 2 aromatic carbocycles. The lowest BCUT2D eigenvalue weighted by atomic mass is 10.1. The van der Waals surface area contributed by atoms with Crippen molar-refractivity contribution in [2.24, 2.45) is 4.99 Å². The molecule has 0 aliphatic rings. The number of fused-ring (bicyclic) bond motifs is 1. The van der Waals surface area contributed by atoms with Crippen LogP contribution in [-0.2, 0) is 17.8 Å². The second-order valence-corrected chi connectivity index (χ2v) is 6.23. The van der Waals surface area contributed by atoms with Crippen LogP contribution in [0.3, 0.4) is 0 Å². The van der Waals surface area contributed by atoms with Crippen LogP contribution in [0.1, 0.15) is 18.1 Å². The van der Waals surface area contributed by atoms with Crippen LogP contribution in [0.4, 0.5) is 0 Å². The van der Waals surface area contributed by atoms with Crippen LogP contribution in [0.15, 0.2) is 59.9 Å². The number of imidazole rings is 1. The maximum atomic E-state index is 5.32. The first-order chi connectivity index (χ1) is 13.3. The van der Waals surface area contributed by atoms with Gasteiger partial charge in [-0.05, 0) is 30.2 Å². The monoisotopic (exact) mass is 493 g/mol. The van der Waals surface area contributed by atoms with E-state index in [2.05, 4.69) is 55.5 Å². The van der Waals surface area contributed by atoms with Gasteiger partial charge in [-0.25, -0.2) is 4.98 Å². The topological polar surface area (TPSA) is 63.5 Å². The minimum Gasteiger partial charge on any atom is -0.380 e. The molecule has 0 spiro atoms. The average molecular weight is 493 g/mol. The first kappa shape index (κ1) is 22.2. The van der Waals surface area contributed by atoms with E-state index in [0.717, 1.165) is 43.2 Å². The number of guanidine groups is 1. The van der Waals surface area contributed by atoms with E-state index in [9.17, 15) is 0 Å². The molecule has 0 radical (unpaired) electrons. The van der Waals surface area contributed by atoms with Gasteiger partial charge in [0.05, 0.1) is 24.0 Å². The Balaban J connectivity index is 0.00000280. The van der Waals surface area contributed by atoms with E-state index in [0.29, 0.717) is 6.61 Å². The van der Waals surface area contributed by atoms with Crippen molar-refractivity contribution in [1.82, 2.24) is 20.2 Å². The molecule has 0 saturated carbocycles. The fourth-order valence-corrected chi connectivity index (χ4v) is 2.89. The fourth-order valence-electron chi connectivity index (χ4n) is 2.89. The number of hydrogen-bond donors (Lipinski definition) is 2. The van der Waals surface area contributed by atoms with Crippen LogP contribution in [0, 0.1) is 0 Å². The van der Waals surface area contributed by atoms with E-state index >= 15 is 0 Å². The molecular weight excluding hydrogens is 465 g/mol. The molecule has 0 bridgehead atoms. The van der Waals surface area contributed by atoms with E-state index < -0.39 is 0 Å². The summed E-state index contributed by atoms with van der Waals surface area (Å²) < 4.78 is 7.50. The third-order valence-electron chi connectivity index (χ3n) is 4.33. The number of halogens is 1. The highest BCUT2D eigenvalue weighted by molar-refractivity contribution is 14.0. The quantitative estimate of drug-likeness (QED) is 0.219. The number of ether oxygens (including phenoxy) is 1. The maximum Gasteiger partial charge on any atom is 0.191 e. The Kier molecular flexibility index (Phi) is 9.22. The number of benzene rings is 2. The number of nitrogens with zero attached hydrogens (tertiary/aromatic N) is 3. The summed E-state index contributed by atoms with van der Waals surface area (Å²) in [6.45, 7) is 5.68. The van der Waals surface area contributed by atoms with E-state index in [1.54, 1.807) is 7.05 Å². The molecule has 6 nitrogen and oxygen atoms in total. The molecule has 7 heteroatoms.